The lowest BCUT2D eigenvalue weighted by molar-refractivity contribution is -0.144. The number of nitrogens with zero attached hydrogens (tertiary/aromatic N) is 2. The minimum Gasteiger partial charge on any atom is -0.493 e. The number of carbonyl (C=O) groups is 1. The van der Waals surface area contributed by atoms with Crippen molar-refractivity contribution in [2.75, 3.05) is 39.2 Å². The molecule has 0 bridgehead atoms. The van der Waals surface area contributed by atoms with Gasteiger partial charge in [0.2, 0.25) is 0 Å². The summed E-state index contributed by atoms with van der Waals surface area (Å²) < 4.78 is 12.8. The molecule has 7 nitrogen and oxygen atoms in total. The first kappa shape index (κ1) is 34.8. The van der Waals surface area contributed by atoms with Crippen molar-refractivity contribution in [3.63, 3.8) is 0 Å². The van der Waals surface area contributed by atoms with E-state index in [1.54, 1.807) is 12.1 Å². The van der Waals surface area contributed by atoms with E-state index < -0.39 is 11.5 Å². The summed E-state index contributed by atoms with van der Waals surface area (Å²) in [6.45, 7) is 6.51. The second kappa shape index (κ2) is 14.5. The highest BCUT2D eigenvalue weighted by molar-refractivity contribution is 6.32. The van der Waals surface area contributed by atoms with Crippen LogP contribution in [0.25, 0.3) is 0 Å². The van der Waals surface area contributed by atoms with E-state index in [4.69, 9.17) is 32.7 Å². The van der Waals surface area contributed by atoms with Crippen molar-refractivity contribution in [2.24, 2.45) is 11.8 Å². The number of carboxylic acid groups (broad SMARTS) is 1. The van der Waals surface area contributed by atoms with E-state index in [-0.39, 0.29) is 5.41 Å². The smallest absolute Gasteiger partial charge is 0.329 e. The largest absolute Gasteiger partial charge is 0.493 e. The minimum absolute atomic E-state index is 0.187. The summed E-state index contributed by atoms with van der Waals surface area (Å²) in [6, 6.07) is 13.6. The van der Waals surface area contributed by atoms with E-state index >= 15 is 0 Å². The van der Waals surface area contributed by atoms with Crippen molar-refractivity contribution < 1.29 is 19.4 Å². The Morgan fingerprint density at radius 3 is 2.62 bits per heavy atom. The highest BCUT2D eigenvalue weighted by Gasteiger charge is 2.54. The second-order valence-electron chi connectivity index (χ2n) is 14.8. The van der Waals surface area contributed by atoms with Crippen molar-refractivity contribution in [2.45, 2.75) is 88.5 Å². The molecule has 258 valence electrons. The van der Waals surface area contributed by atoms with Crippen molar-refractivity contribution in [3.8, 4) is 11.5 Å². The Morgan fingerprint density at radius 2 is 1.90 bits per heavy atom. The van der Waals surface area contributed by atoms with Gasteiger partial charge in [0.1, 0.15) is 23.6 Å². The number of anilines is 1. The Balaban J connectivity index is 1.25. The lowest BCUT2D eigenvalue weighted by Crippen LogP contribution is -2.53. The maximum atomic E-state index is 12.9. The zero-order chi connectivity index (χ0) is 34.1. The maximum absolute atomic E-state index is 12.9. The van der Waals surface area contributed by atoms with Gasteiger partial charge in [-0.2, -0.15) is 0 Å². The first-order chi connectivity index (χ1) is 23.0. The molecule has 3 aromatic rings. The van der Waals surface area contributed by atoms with Crippen molar-refractivity contribution in [1.29, 1.82) is 0 Å². The zero-order valence-corrected chi connectivity index (χ0v) is 30.2. The number of likely N-dealkylation sites (N-methyl/N-ethyl adjacent to an activating group) is 1. The average Bonchev–Trinajstić information content (AvgIpc) is 3.31. The van der Waals surface area contributed by atoms with Gasteiger partial charge in [-0.15, -0.1) is 0 Å². The van der Waals surface area contributed by atoms with Crippen LogP contribution < -0.4 is 14.8 Å². The quantitative estimate of drug-likeness (QED) is 0.196. The monoisotopic (exact) mass is 693 g/mol. The van der Waals surface area contributed by atoms with Gasteiger partial charge in [0.05, 0.1) is 11.6 Å². The van der Waals surface area contributed by atoms with Crippen LogP contribution in [0.15, 0.2) is 48.7 Å². The number of rotatable bonds is 12. The normalized spacial score (nSPS) is 25.4. The summed E-state index contributed by atoms with van der Waals surface area (Å²) in [5.74, 6) is 1.93. The molecular weight excluding hydrogens is 645 g/mol. The number of pyridine rings is 1. The molecule has 48 heavy (non-hydrogen) atoms. The molecule has 1 heterocycles. The number of aryl methyl sites for hydroxylation is 1. The molecule has 1 unspecified atom stereocenters. The fraction of sp³-hybridized carbons (Fsp3) is 0.538. The summed E-state index contributed by atoms with van der Waals surface area (Å²) in [6.07, 6.45) is 9.59. The summed E-state index contributed by atoms with van der Waals surface area (Å²) in [7, 11) is 4.05. The second-order valence-corrected chi connectivity index (χ2v) is 15.6. The standard InChI is InChI=1S/C39H49Cl2N3O4/c1-25(24-48-34-11-16-42-33-10-5-7-26(2)36(33)34)19-28-20-27-21-32(41)35(47-18-17-44(3)4)23-31(27)38(28)12-14-39(15-13-38,37(45)46)43-30-9-6-8-29(40)22-30/h6,8-9,11,16,21-23,25-26,28,43H,5,7,10,12-15,17-20,24H2,1-4H3,(H,45,46)/t25-,26-,28?,38?,39?/m1/s1. The Morgan fingerprint density at radius 1 is 1.10 bits per heavy atom. The van der Waals surface area contributed by atoms with Gasteiger partial charge in [-0.1, -0.05) is 43.1 Å². The molecule has 1 fully saturated rings. The predicted octanol–water partition coefficient (Wildman–Crippen LogP) is 8.79. The van der Waals surface area contributed by atoms with E-state index in [9.17, 15) is 9.90 Å². The van der Waals surface area contributed by atoms with Crippen LogP contribution in [-0.2, 0) is 23.1 Å². The molecule has 0 aliphatic heterocycles. The summed E-state index contributed by atoms with van der Waals surface area (Å²) in [5, 5.41) is 15.2. The van der Waals surface area contributed by atoms with E-state index in [2.05, 4.69) is 41.2 Å². The lowest BCUT2D eigenvalue weighted by atomic mass is 9.59. The van der Waals surface area contributed by atoms with Gasteiger partial charge >= 0.3 is 5.97 Å². The third-order valence-electron chi connectivity index (χ3n) is 11.1. The van der Waals surface area contributed by atoms with Crippen molar-refractivity contribution in [3.05, 3.63) is 81.1 Å². The SMILES string of the molecule is C[C@@H](COc1ccnc2c1[C@H](C)CCC2)CC1Cc2cc(Cl)c(OCCN(C)C)cc2C12CCC(Nc1cccc(Cl)c1)(C(=O)O)CC2. The van der Waals surface area contributed by atoms with Gasteiger partial charge in [-0.05, 0) is 143 Å². The number of aromatic nitrogens is 1. The Bertz CT molecular complexity index is 1620. The van der Waals surface area contributed by atoms with Crippen LogP contribution in [0, 0.1) is 11.8 Å². The van der Waals surface area contributed by atoms with Gasteiger partial charge in [-0.25, -0.2) is 4.79 Å². The Hall–Kier alpha value is -3.00. The van der Waals surface area contributed by atoms with Crippen LogP contribution >= 0.6 is 23.2 Å². The van der Waals surface area contributed by atoms with Crippen molar-refractivity contribution in [1.82, 2.24) is 9.88 Å². The molecule has 3 atom stereocenters. The lowest BCUT2D eigenvalue weighted by Gasteiger charge is -2.47. The van der Waals surface area contributed by atoms with E-state index in [0.717, 1.165) is 50.1 Å². The predicted molar refractivity (Wildman–Crippen MR) is 193 cm³/mol. The zero-order valence-electron chi connectivity index (χ0n) is 28.7. The topological polar surface area (TPSA) is 83.9 Å². The van der Waals surface area contributed by atoms with Crippen LogP contribution in [0.4, 0.5) is 5.69 Å². The van der Waals surface area contributed by atoms with Gasteiger partial charge in [0.15, 0.2) is 0 Å². The number of hydrogen-bond donors (Lipinski definition) is 2. The molecule has 0 amide bonds. The molecular formula is C39H49Cl2N3O4. The maximum Gasteiger partial charge on any atom is 0.329 e. The number of nitrogens with one attached hydrogen (secondary N) is 1. The first-order valence-electron chi connectivity index (χ1n) is 17.5. The highest BCUT2D eigenvalue weighted by Crippen LogP contribution is 2.57. The number of fused-ring (bicyclic) bond motifs is 3. The Labute approximate surface area is 295 Å². The molecule has 1 spiro atoms. The van der Waals surface area contributed by atoms with Gasteiger partial charge < -0.3 is 24.8 Å². The van der Waals surface area contributed by atoms with Crippen LogP contribution in [0.3, 0.4) is 0 Å². The van der Waals surface area contributed by atoms with Crippen LogP contribution in [-0.4, -0.2) is 60.4 Å². The molecule has 1 aromatic heterocycles. The molecule has 1 saturated carbocycles. The molecule has 0 saturated heterocycles. The number of halogens is 2. The van der Waals surface area contributed by atoms with Gasteiger partial charge in [-0.3, -0.25) is 4.98 Å². The molecule has 3 aliphatic carbocycles. The van der Waals surface area contributed by atoms with E-state index in [0.29, 0.717) is 59.6 Å². The first-order valence-corrected chi connectivity index (χ1v) is 18.2. The molecule has 9 heteroatoms. The fourth-order valence-corrected chi connectivity index (χ4v) is 8.99. The molecule has 6 rings (SSSR count). The fourth-order valence-electron chi connectivity index (χ4n) is 8.56. The van der Waals surface area contributed by atoms with Gasteiger partial charge in [0.25, 0.3) is 0 Å². The highest BCUT2D eigenvalue weighted by atomic mass is 35.5. The van der Waals surface area contributed by atoms with Crippen LogP contribution in [0.5, 0.6) is 11.5 Å². The summed E-state index contributed by atoms with van der Waals surface area (Å²) in [5.41, 5.74) is 4.44. The van der Waals surface area contributed by atoms with Gasteiger partial charge in [0, 0.05) is 34.7 Å². The number of hydrogen-bond acceptors (Lipinski definition) is 6. The molecule has 0 radical (unpaired) electrons. The summed E-state index contributed by atoms with van der Waals surface area (Å²) >= 11 is 13.1. The van der Waals surface area contributed by atoms with Crippen LogP contribution in [0.2, 0.25) is 10.0 Å². The molecule has 2 aromatic carbocycles. The number of aliphatic carboxylic acids is 1. The molecule has 3 aliphatic rings. The number of carboxylic acids is 1. The third kappa shape index (κ3) is 7.15. The third-order valence-corrected chi connectivity index (χ3v) is 11.7. The van der Waals surface area contributed by atoms with E-state index in [1.165, 1.54) is 35.2 Å². The van der Waals surface area contributed by atoms with E-state index in [1.807, 2.05) is 38.5 Å². The molecule has 2 N–H and O–H groups in total. The number of benzene rings is 2. The van der Waals surface area contributed by atoms with Crippen molar-refractivity contribution >= 4 is 34.9 Å². The summed E-state index contributed by atoms with van der Waals surface area (Å²) in [4.78, 5) is 19.7. The average molecular weight is 695 g/mol. The minimum atomic E-state index is -1.08. The Kier molecular flexibility index (Phi) is 10.5. The number of ether oxygens (including phenoxy) is 2. The van der Waals surface area contributed by atoms with Crippen LogP contribution in [0.1, 0.15) is 87.1 Å².